The summed E-state index contributed by atoms with van der Waals surface area (Å²) in [6.07, 6.45) is 1.64. The van der Waals surface area contributed by atoms with Gasteiger partial charge in [0, 0.05) is 17.3 Å². The SMILES string of the molecule is O=S(=O)(Nc1ccn(Cc2ccccc2Cl)n1)c1cc(Cl)c(Cl)cc1Cl. The standard InChI is InChI=1S/C16H11Cl4N3O2S/c17-11-4-2-1-3-10(11)9-23-6-5-16(21-23)22-26(24,25)15-8-13(19)12(18)7-14(15)20/h1-8H,9H2,(H,21,22). The first-order valence-electron chi connectivity index (χ1n) is 7.20. The van der Waals surface area contributed by atoms with Gasteiger partial charge in [0.2, 0.25) is 0 Å². The van der Waals surface area contributed by atoms with E-state index in [1.54, 1.807) is 16.9 Å². The zero-order valence-electron chi connectivity index (χ0n) is 13.0. The maximum atomic E-state index is 12.5. The normalized spacial score (nSPS) is 11.5. The van der Waals surface area contributed by atoms with E-state index in [0.717, 1.165) is 5.56 Å². The van der Waals surface area contributed by atoms with Crippen molar-refractivity contribution in [2.45, 2.75) is 11.4 Å². The lowest BCUT2D eigenvalue weighted by molar-refractivity contribution is 0.600. The summed E-state index contributed by atoms with van der Waals surface area (Å²) in [5.41, 5.74) is 0.860. The van der Waals surface area contributed by atoms with Crippen LogP contribution >= 0.6 is 46.4 Å². The fourth-order valence-electron chi connectivity index (χ4n) is 2.21. The topological polar surface area (TPSA) is 64.0 Å². The lowest BCUT2D eigenvalue weighted by Crippen LogP contribution is -2.14. The highest BCUT2D eigenvalue weighted by molar-refractivity contribution is 7.92. The zero-order chi connectivity index (χ0) is 18.9. The molecule has 5 nitrogen and oxygen atoms in total. The molecule has 0 radical (unpaired) electrons. The van der Waals surface area contributed by atoms with E-state index in [1.165, 1.54) is 18.2 Å². The van der Waals surface area contributed by atoms with Crippen LogP contribution in [0, 0.1) is 0 Å². The van der Waals surface area contributed by atoms with Crippen LogP contribution in [0.2, 0.25) is 20.1 Å². The summed E-state index contributed by atoms with van der Waals surface area (Å²) in [5, 5.41) is 5.01. The summed E-state index contributed by atoms with van der Waals surface area (Å²) in [4.78, 5) is -0.186. The molecule has 0 fully saturated rings. The molecule has 3 aromatic rings. The molecule has 2 aromatic carbocycles. The highest BCUT2D eigenvalue weighted by atomic mass is 35.5. The van der Waals surface area contributed by atoms with E-state index in [0.29, 0.717) is 11.6 Å². The Morgan fingerprint density at radius 2 is 1.62 bits per heavy atom. The summed E-state index contributed by atoms with van der Waals surface area (Å²) in [6, 6.07) is 11.3. The smallest absolute Gasteiger partial charge is 0.264 e. The van der Waals surface area contributed by atoms with E-state index in [4.69, 9.17) is 46.4 Å². The molecule has 0 aliphatic rings. The van der Waals surface area contributed by atoms with Crippen molar-refractivity contribution in [2.24, 2.45) is 0 Å². The van der Waals surface area contributed by atoms with E-state index < -0.39 is 10.0 Å². The first-order valence-corrected chi connectivity index (χ1v) is 10.2. The summed E-state index contributed by atoms with van der Waals surface area (Å²) in [5.74, 6) is 0.138. The molecule has 136 valence electrons. The lowest BCUT2D eigenvalue weighted by atomic mass is 10.2. The van der Waals surface area contributed by atoms with Crippen molar-refractivity contribution in [3.05, 3.63) is 74.3 Å². The predicted molar refractivity (Wildman–Crippen MR) is 105 cm³/mol. The quantitative estimate of drug-likeness (QED) is 0.533. The average Bonchev–Trinajstić information content (AvgIpc) is 2.99. The minimum absolute atomic E-state index is 0.0394. The Bertz CT molecular complexity index is 1070. The minimum Gasteiger partial charge on any atom is -0.266 e. The zero-order valence-corrected chi connectivity index (χ0v) is 16.8. The molecule has 1 heterocycles. The molecule has 26 heavy (non-hydrogen) atoms. The van der Waals surface area contributed by atoms with E-state index in [2.05, 4.69) is 9.82 Å². The van der Waals surface area contributed by atoms with Crippen LogP contribution in [0.1, 0.15) is 5.56 Å². The van der Waals surface area contributed by atoms with Gasteiger partial charge in [-0.3, -0.25) is 9.40 Å². The molecule has 0 aliphatic carbocycles. The summed E-state index contributed by atoms with van der Waals surface area (Å²) in [7, 11) is -3.98. The first-order chi connectivity index (χ1) is 12.3. The molecule has 0 aliphatic heterocycles. The van der Waals surface area contributed by atoms with Crippen molar-refractivity contribution in [1.29, 1.82) is 0 Å². The van der Waals surface area contributed by atoms with Gasteiger partial charge in [0.05, 0.1) is 21.6 Å². The number of nitrogens with one attached hydrogen (secondary N) is 1. The highest BCUT2D eigenvalue weighted by Gasteiger charge is 2.21. The van der Waals surface area contributed by atoms with Gasteiger partial charge in [-0.15, -0.1) is 0 Å². The average molecular weight is 451 g/mol. The van der Waals surface area contributed by atoms with Crippen LogP contribution in [0.5, 0.6) is 0 Å². The number of hydrogen-bond donors (Lipinski definition) is 1. The van der Waals surface area contributed by atoms with Crippen LogP contribution in [-0.2, 0) is 16.6 Å². The van der Waals surface area contributed by atoms with Gasteiger partial charge >= 0.3 is 0 Å². The van der Waals surface area contributed by atoms with Crippen molar-refractivity contribution in [2.75, 3.05) is 4.72 Å². The Morgan fingerprint density at radius 1 is 0.923 bits per heavy atom. The molecule has 10 heteroatoms. The third-order valence-corrected chi connectivity index (χ3v) is 6.34. The Hall–Kier alpha value is -1.44. The molecule has 0 amide bonds. The van der Waals surface area contributed by atoms with E-state index >= 15 is 0 Å². The number of aromatic nitrogens is 2. The third-order valence-electron chi connectivity index (χ3n) is 3.43. The van der Waals surface area contributed by atoms with E-state index in [-0.39, 0.29) is 25.8 Å². The molecule has 0 bridgehead atoms. The number of sulfonamides is 1. The van der Waals surface area contributed by atoms with Crippen LogP contribution in [0.25, 0.3) is 0 Å². The van der Waals surface area contributed by atoms with Crippen LogP contribution in [0.4, 0.5) is 5.82 Å². The Morgan fingerprint density at radius 3 is 2.35 bits per heavy atom. The highest BCUT2D eigenvalue weighted by Crippen LogP contribution is 2.32. The number of benzene rings is 2. The Labute approximate surface area is 170 Å². The monoisotopic (exact) mass is 449 g/mol. The number of halogens is 4. The van der Waals surface area contributed by atoms with Crippen LogP contribution in [-0.4, -0.2) is 18.2 Å². The maximum Gasteiger partial charge on any atom is 0.264 e. The van der Waals surface area contributed by atoms with Gasteiger partial charge in [-0.05, 0) is 23.8 Å². The molecule has 0 saturated carbocycles. The summed E-state index contributed by atoms with van der Waals surface area (Å²) in [6.45, 7) is 0.398. The van der Waals surface area contributed by atoms with Crippen molar-refractivity contribution in [3.63, 3.8) is 0 Å². The van der Waals surface area contributed by atoms with Gasteiger partial charge in [0.15, 0.2) is 5.82 Å². The number of anilines is 1. The van der Waals surface area contributed by atoms with E-state index in [9.17, 15) is 8.42 Å². The molecule has 0 atom stereocenters. The van der Waals surface area contributed by atoms with Crippen molar-refractivity contribution in [3.8, 4) is 0 Å². The van der Waals surface area contributed by atoms with Gasteiger partial charge in [0.25, 0.3) is 10.0 Å². The molecular weight excluding hydrogens is 440 g/mol. The first kappa shape index (κ1) is 19.3. The van der Waals surface area contributed by atoms with Crippen LogP contribution in [0.15, 0.2) is 53.6 Å². The molecular formula is C16H11Cl4N3O2S. The van der Waals surface area contributed by atoms with Crippen molar-refractivity contribution >= 4 is 62.2 Å². The second-order valence-electron chi connectivity index (χ2n) is 5.29. The Kier molecular flexibility index (Phi) is 5.69. The maximum absolute atomic E-state index is 12.5. The number of nitrogens with zero attached hydrogens (tertiary/aromatic N) is 2. The molecule has 0 unspecified atom stereocenters. The molecule has 0 saturated heterocycles. The fraction of sp³-hybridized carbons (Fsp3) is 0.0625. The number of hydrogen-bond acceptors (Lipinski definition) is 3. The largest absolute Gasteiger partial charge is 0.266 e. The van der Waals surface area contributed by atoms with Crippen molar-refractivity contribution < 1.29 is 8.42 Å². The third kappa shape index (κ3) is 4.27. The summed E-state index contributed by atoms with van der Waals surface area (Å²) < 4.78 is 29.0. The Balaban J connectivity index is 1.82. The second kappa shape index (κ2) is 7.66. The number of rotatable bonds is 5. The lowest BCUT2D eigenvalue weighted by Gasteiger charge is -2.09. The van der Waals surface area contributed by atoms with E-state index in [1.807, 2.05) is 18.2 Å². The van der Waals surface area contributed by atoms with Gasteiger partial charge in [-0.25, -0.2) is 8.42 Å². The second-order valence-corrected chi connectivity index (χ2v) is 8.57. The summed E-state index contributed by atoms with van der Waals surface area (Å²) >= 11 is 23.8. The molecule has 0 spiro atoms. The van der Waals surface area contributed by atoms with Gasteiger partial charge in [0.1, 0.15) is 4.90 Å². The van der Waals surface area contributed by atoms with Crippen LogP contribution in [0.3, 0.4) is 0 Å². The van der Waals surface area contributed by atoms with Gasteiger partial charge in [-0.2, -0.15) is 5.10 Å². The fourth-order valence-corrected chi connectivity index (χ4v) is 4.40. The molecule has 3 rings (SSSR count). The van der Waals surface area contributed by atoms with Gasteiger partial charge < -0.3 is 0 Å². The molecule has 1 N–H and O–H groups in total. The molecule has 1 aromatic heterocycles. The van der Waals surface area contributed by atoms with Gasteiger partial charge in [-0.1, -0.05) is 64.6 Å². The minimum atomic E-state index is -3.98. The van der Waals surface area contributed by atoms with Crippen LogP contribution < -0.4 is 4.72 Å². The van der Waals surface area contributed by atoms with Crippen molar-refractivity contribution in [1.82, 2.24) is 9.78 Å². The predicted octanol–water partition coefficient (Wildman–Crippen LogP) is 5.35.